The number of unbranched alkanes of at least 4 members (excludes halogenated alkanes) is 1. The molecule has 2 saturated carbocycles. The van der Waals surface area contributed by atoms with E-state index in [9.17, 15) is 28.8 Å². The van der Waals surface area contributed by atoms with Gasteiger partial charge in [0.2, 0.25) is 11.8 Å². The number of esters is 4. The van der Waals surface area contributed by atoms with E-state index in [0.29, 0.717) is 38.9 Å². The van der Waals surface area contributed by atoms with Crippen molar-refractivity contribution in [2.24, 2.45) is 17.8 Å². The van der Waals surface area contributed by atoms with E-state index in [1.807, 2.05) is 16.2 Å². The number of carbonyl (C=O) groups excluding carboxylic acids is 6. The van der Waals surface area contributed by atoms with E-state index in [1.165, 1.54) is 12.5 Å². The predicted octanol–water partition coefficient (Wildman–Crippen LogP) is 4.84. The number of methoxy groups -OCH3 is 2. The average molecular weight is 897 g/mol. The molecule has 7 atom stereocenters. The molecule has 0 aromatic carbocycles. The molecule has 0 aromatic heterocycles. The van der Waals surface area contributed by atoms with Gasteiger partial charge in [-0.2, -0.15) is 0 Å². The van der Waals surface area contributed by atoms with Crippen molar-refractivity contribution in [3.63, 3.8) is 0 Å². The molecule has 0 spiro atoms. The summed E-state index contributed by atoms with van der Waals surface area (Å²) < 4.78 is 53.7. The fourth-order valence-corrected chi connectivity index (χ4v) is 5.23. The van der Waals surface area contributed by atoms with Crippen LogP contribution in [-0.4, -0.2) is 127 Å². The van der Waals surface area contributed by atoms with Crippen LogP contribution in [0.4, 0.5) is 0 Å². The van der Waals surface area contributed by atoms with Crippen LogP contribution in [0.15, 0.2) is 38.0 Å². The molecule has 0 aliphatic heterocycles. The Morgan fingerprint density at radius 3 is 1.63 bits per heavy atom. The Morgan fingerprint density at radius 1 is 0.650 bits per heavy atom. The first-order chi connectivity index (χ1) is 29.6. The van der Waals surface area contributed by atoms with Gasteiger partial charge in [-0.15, -0.1) is 0 Å². The number of nitrogens with one attached hydrogen (secondary N) is 2. The van der Waals surface area contributed by atoms with Crippen LogP contribution in [0.5, 0.6) is 0 Å². The molecular weight excluding hydrogens is 818 g/mol. The van der Waals surface area contributed by atoms with Crippen molar-refractivity contribution < 1.29 is 69.4 Å². The van der Waals surface area contributed by atoms with Crippen molar-refractivity contribution in [2.45, 2.75) is 96.6 Å². The van der Waals surface area contributed by atoms with Gasteiger partial charge in [-0.3, -0.25) is 19.2 Å². The van der Waals surface area contributed by atoms with Crippen LogP contribution in [-0.2, 0) is 66.7 Å². The number of ether oxygens (including phenoxy) is 8. The summed E-state index contributed by atoms with van der Waals surface area (Å²) in [7, 11) is 7.35. The minimum atomic E-state index is -1.05. The van der Waals surface area contributed by atoms with Crippen LogP contribution >= 0.6 is 18.5 Å². The van der Waals surface area contributed by atoms with Gasteiger partial charge in [-0.1, -0.05) is 52.1 Å². The molecular formula is C42H74N2O14P2. The second-order valence-electron chi connectivity index (χ2n) is 13.5. The Balaban J connectivity index is 0. The lowest BCUT2D eigenvalue weighted by Gasteiger charge is -2.29. The Morgan fingerprint density at radius 2 is 1.15 bits per heavy atom. The van der Waals surface area contributed by atoms with Gasteiger partial charge in [-0.25, -0.2) is 9.59 Å². The molecule has 0 bridgehead atoms. The molecule has 0 saturated heterocycles. The third kappa shape index (κ3) is 33.5. The fraction of sp³-hybridized carbons (Fsp3) is 0.714. The van der Waals surface area contributed by atoms with Crippen LogP contribution in [0.25, 0.3) is 0 Å². The number of amides is 2. The Hall–Kier alpha value is -3.26. The fourth-order valence-electron chi connectivity index (χ4n) is 4.96. The number of hydrogen-bond donors (Lipinski definition) is 2. The van der Waals surface area contributed by atoms with Crippen molar-refractivity contribution in [1.82, 2.24) is 10.6 Å². The minimum absolute atomic E-state index is 0.0419. The van der Waals surface area contributed by atoms with Crippen LogP contribution < -0.4 is 10.6 Å². The highest BCUT2D eigenvalue weighted by molar-refractivity contribution is 7.16. The molecule has 2 fully saturated rings. The maximum absolute atomic E-state index is 12.7. The molecule has 2 rings (SSSR count). The lowest BCUT2D eigenvalue weighted by Crippen LogP contribution is -2.42. The number of rotatable bonds is 29. The van der Waals surface area contributed by atoms with Gasteiger partial charge in [0, 0.05) is 57.6 Å². The van der Waals surface area contributed by atoms with E-state index in [2.05, 4.69) is 44.3 Å². The molecule has 0 aromatic rings. The van der Waals surface area contributed by atoms with E-state index < -0.39 is 54.3 Å². The summed E-state index contributed by atoms with van der Waals surface area (Å²) in [6, 6.07) is 0.662. The highest BCUT2D eigenvalue weighted by Crippen LogP contribution is 2.26. The summed E-state index contributed by atoms with van der Waals surface area (Å²) in [6.45, 7) is 16.7. The maximum Gasteiger partial charge on any atom is 0.330 e. The molecule has 2 aliphatic rings. The molecule has 0 heterocycles. The Labute approximate surface area is 365 Å². The predicted molar refractivity (Wildman–Crippen MR) is 236 cm³/mol. The van der Waals surface area contributed by atoms with Gasteiger partial charge >= 0.3 is 23.9 Å². The first-order valence-corrected chi connectivity index (χ1v) is 21.6. The second-order valence-corrected chi connectivity index (χ2v) is 14.0. The highest BCUT2D eigenvalue weighted by Gasteiger charge is 2.32. The lowest BCUT2D eigenvalue weighted by atomic mass is 9.85. The van der Waals surface area contributed by atoms with Gasteiger partial charge in [-0.05, 0) is 76.7 Å². The van der Waals surface area contributed by atoms with Gasteiger partial charge < -0.3 is 48.5 Å². The van der Waals surface area contributed by atoms with Gasteiger partial charge in [0.1, 0.15) is 25.9 Å². The second kappa shape index (κ2) is 41.1. The molecule has 346 valence electrons. The number of hydrogen-bond acceptors (Lipinski definition) is 14. The van der Waals surface area contributed by atoms with Crippen LogP contribution in [0.2, 0.25) is 0 Å². The lowest BCUT2D eigenvalue weighted by molar-refractivity contribution is -0.154. The summed E-state index contributed by atoms with van der Waals surface area (Å²) in [4.78, 5) is 68.8. The smallest absolute Gasteiger partial charge is 0.330 e. The van der Waals surface area contributed by atoms with Crippen molar-refractivity contribution in [1.29, 1.82) is 0 Å². The molecule has 60 heavy (non-hydrogen) atoms. The quantitative estimate of drug-likeness (QED) is 0.0340. The van der Waals surface area contributed by atoms with Gasteiger partial charge in [0.05, 0.1) is 41.0 Å². The molecule has 2 N–H and O–H groups in total. The first-order valence-electron chi connectivity index (χ1n) is 21.5. The largest absolute Gasteiger partial charge is 0.463 e. The summed E-state index contributed by atoms with van der Waals surface area (Å²) in [5.74, 6) is -3.67. The zero-order chi connectivity index (χ0) is 47.1. The van der Waals surface area contributed by atoms with Crippen molar-refractivity contribution in [2.75, 3.05) is 79.7 Å². The topological polar surface area (TPSA) is 200 Å². The van der Waals surface area contributed by atoms with E-state index in [-0.39, 0.29) is 50.5 Å². The van der Waals surface area contributed by atoms with Crippen LogP contribution in [0.3, 0.4) is 0 Å². The van der Waals surface area contributed by atoms with E-state index in [0.717, 1.165) is 63.7 Å². The number of carbonyl (C=O) groups is 6. The summed E-state index contributed by atoms with van der Waals surface area (Å²) >= 11 is 0. The normalized spacial score (nSPS) is 15.8. The van der Waals surface area contributed by atoms with E-state index in [1.54, 1.807) is 21.1 Å². The van der Waals surface area contributed by atoms with E-state index >= 15 is 0 Å². The highest BCUT2D eigenvalue weighted by atomic mass is 31.0. The van der Waals surface area contributed by atoms with Crippen LogP contribution in [0, 0.1) is 17.8 Å². The summed E-state index contributed by atoms with van der Waals surface area (Å²) in [5, 5.41) is 5.82. The minimum Gasteiger partial charge on any atom is -0.463 e. The average Bonchev–Trinajstić information content (AvgIpc) is 3.21. The summed E-state index contributed by atoms with van der Waals surface area (Å²) in [6.07, 6.45) is 11.1. The Kier molecular flexibility index (Phi) is 37.5. The van der Waals surface area contributed by atoms with E-state index in [4.69, 9.17) is 35.9 Å². The van der Waals surface area contributed by atoms with Gasteiger partial charge in [0.15, 0.2) is 0 Å². The molecule has 2 amide bonds. The first kappa shape index (κ1) is 54.8. The monoisotopic (exact) mass is 896 g/mol. The molecule has 2 aliphatic carbocycles. The molecule has 18 heteroatoms. The third-order valence-electron chi connectivity index (χ3n) is 8.87. The molecule has 0 radical (unpaired) electrons. The molecule has 16 nitrogen and oxygen atoms in total. The SMILES string of the molecule is C=CC(=O)NC1CCC1.C=CC(=O)OCCOCCCCOC.[3H]C(P)OC(=O)C(CC)CC(CC(C)C(=O)NC1CCC1)C(=O)OCCOCCOC.[3H]C(P)OC(=O)C=C. The zero-order valence-electron chi connectivity index (χ0n) is 38.2. The van der Waals surface area contributed by atoms with Gasteiger partial charge in [0.25, 0.3) is 0 Å². The zero-order valence-corrected chi connectivity index (χ0v) is 38.5. The molecule has 7 unspecified atom stereocenters. The third-order valence-corrected chi connectivity index (χ3v) is 9.14. The van der Waals surface area contributed by atoms with Crippen LogP contribution in [0.1, 0.15) is 87.2 Å². The summed E-state index contributed by atoms with van der Waals surface area (Å²) in [5.41, 5.74) is 0. The maximum atomic E-state index is 12.7. The van der Waals surface area contributed by atoms with Crippen molar-refractivity contribution >= 4 is 54.2 Å². The Bertz CT molecular complexity index is 1290. The standard InChI is InChI=1S/C21H38NO7P.C10H18O4.C7H11NO.C4H7O2P/c1-4-16(20(24)29-14-30)13-17(21(25)28-11-10-27-9-8-26-3)12-15(2)19(23)22-18-6-5-7-18;1-3-10(11)14-9-8-13-7-5-4-6-12-2;1-2-7(9)8-6-4-3-5-6;1-2-4(5)6-3-7/h15-18H,4-14,30H2,1-3H3,(H,22,23);3H,1,4-9H2,2H3;2,6H,1,3-5H2,(H,8,9);2H,1,3,7H2/i14T;;;3T. The van der Waals surface area contributed by atoms with Crippen molar-refractivity contribution in [3.05, 3.63) is 38.0 Å². The van der Waals surface area contributed by atoms with Crippen molar-refractivity contribution in [3.8, 4) is 0 Å².